The summed E-state index contributed by atoms with van der Waals surface area (Å²) in [5, 5.41) is 16.7. The molecular weight excluding hydrogens is 276 g/mol. The first-order valence-electron chi connectivity index (χ1n) is 6.59. The van der Waals surface area contributed by atoms with Gasteiger partial charge in [-0.3, -0.25) is 14.9 Å². The predicted octanol–water partition coefficient (Wildman–Crippen LogP) is 0.697. The first-order valence-corrected chi connectivity index (χ1v) is 6.59. The molecule has 1 rings (SSSR count). The number of aromatic nitrogens is 2. The Hall–Kier alpha value is -2.45. The van der Waals surface area contributed by atoms with Crippen molar-refractivity contribution in [3.8, 4) is 0 Å². The summed E-state index contributed by atoms with van der Waals surface area (Å²) in [6.07, 6.45) is 0.226. The lowest BCUT2D eigenvalue weighted by Gasteiger charge is -2.18. The highest BCUT2D eigenvalue weighted by atomic mass is 16.6. The molecule has 0 saturated heterocycles. The Kier molecular flexibility index (Phi) is 5.82. The molecule has 0 aliphatic heterocycles. The van der Waals surface area contributed by atoms with Gasteiger partial charge in [0.05, 0.1) is 4.92 Å². The van der Waals surface area contributed by atoms with Gasteiger partial charge in [0.25, 0.3) is 0 Å². The van der Waals surface area contributed by atoms with E-state index >= 15 is 0 Å². The maximum Gasteiger partial charge on any atom is 0.332 e. The molecule has 1 aromatic rings. The molecule has 0 fully saturated rings. The van der Waals surface area contributed by atoms with Crippen LogP contribution >= 0.6 is 0 Å². The van der Waals surface area contributed by atoms with Crippen LogP contribution < -0.4 is 15.5 Å². The van der Waals surface area contributed by atoms with Crippen LogP contribution in [-0.4, -0.2) is 48.0 Å². The van der Waals surface area contributed by atoms with Crippen LogP contribution in [0.3, 0.4) is 0 Å². The van der Waals surface area contributed by atoms with Crippen LogP contribution in [0.4, 0.5) is 17.5 Å². The second-order valence-corrected chi connectivity index (χ2v) is 4.44. The number of hydrogen-bond donors (Lipinski definition) is 2. The van der Waals surface area contributed by atoms with Gasteiger partial charge < -0.3 is 15.5 Å². The third-order valence-corrected chi connectivity index (χ3v) is 2.87. The van der Waals surface area contributed by atoms with Gasteiger partial charge in [-0.15, -0.1) is 0 Å². The molecule has 0 aliphatic rings. The number of nitro groups is 1. The van der Waals surface area contributed by atoms with Crippen LogP contribution in [0.25, 0.3) is 0 Å². The monoisotopic (exact) mass is 296 g/mol. The van der Waals surface area contributed by atoms with E-state index in [0.717, 1.165) is 0 Å². The average molecular weight is 296 g/mol. The Morgan fingerprint density at radius 3 is 2.62 bits per heavy atom. The van der Waals surface area contributed by atoms with Crippen molar-refractivity contribution in [3.05, 3.63) is 15.8 Å². The number of carbonyl (C=O) groups excluding carboxylic acids is 1. The van der Waals surface area contributed by atoms with E-state index in [9.17, 15) is 14.9 Å². The molecule has 2 N–H and O–H groups in total. The molecule has 21 heavy (non-hydrogen) atoms. The van der Waals surface area contributed by atoms with E-state index in [-0.39, 0.29) is 29.5 Å². The van der Waals surface area contributed by atoms with Gasteiger partial charge in [0.2, 0.25) is 17.7 Å². The van der Waals surface area contributed by atoms with Gasteiger partial charge in [0.15, 0.2) is 0 Å². The molecule has 0 aliphatic carbocycles. The zero-order valence-electron chi connectivity index (χ0n) is 12.6. The van der Waals surface area contributed by atoms with Crippen molar-refractivity contribution in [1.29, 1.82) is 0 Å². The van der Waals surface area contributed by atoms with Crippen LogP contribution in [0, 0.1) is 17.0 Å². The average Bonchev–Trinajstić information content (AvgIpc) is 2.43. The van der Waals surface area contributed by atoms with E-state index in [1.807, 2.05) is 6.92 Å². The highest BCUT2D eigenvalue weighted by Crippen LogP contribution is 2.29. The number of rotatable bonds is 7. The number of nitrogens with zero attached hydrogens (tertiary/aromatic N) is 4. The fourth-order valence-electron chi connectivity index (χ4n) is 1.77. The lowest BCUT2D eigenvalue weighted by Crippen LogP contribution is -2.28. The van der Waals surface area contributed by atoms with E-state index in [1.165, 1.54) is 0 Å². The largest absolute Gasteiger partial charge is 0.359 e. The van der Waals surface area contributed by atoms with Gasteiger partial charge >= 0.3 is 5.69 Å². The van der Waals surface area contributed by atoms with E-state index < -0.39 is 4.92 Å². The van der Waals surface area contributed by atoms with Gasteiger partial charge in [0, 0.05) is 33.6 Å². The minimum atomic E-state index is -0.503. The van der Waals surface area contributed by atoms with Crippen LogP contribution in [0.1, 0.15) is 19.0 Å². The van der Waals surface area contributed by atoms with Crippen molar-refractivity contribution in [2.24, 2.45) is 0 Å². The summed E-state index contributed by atoms with van der Waals surface area (Å²) >= 11 is 0. The standard InChI is InChI=1S/C12H20N6O3/c1-5-14-12-15-8(2)10(18(20)21)11(16-12)17(4)7-6-9(19)13-3/h5-7H2,1-4H3,(H,13,19)(H,14,15,16). The molecule has 9 heteroatoms. The van der Waals surface area contributed by atoms with E-state index in [1.54, 1.807) is 25.9 Å². The third kappa shape index (κ3) is 4.26. The molecule has 0 spiro atoms. The van der Waals surface area contributed by atoms with Gasteiger partial charge in [-0.2, -0.15) is 4.98 Å². The van der Waals surface area contributed by atoms with Crippen molar-refractivity contribution in [2.45, 2.75) is 20.3 Å². The van der Waals surface area contributed by atoms with Crippen molar-refractivity contribution < 1.29 is 9.72 Å². The van der Waals surface area contributed by atoms with Crippen molar-refractivity contribution >= 4 is 23.4 Å². The number of carbonyl (C=O) groups is 1. The molecular formula is C12H20N6O3. The smallest absolute Gasteiger partial charge is 0.332 e. The zero-order valence-corrected chi connectivity index (χ0v) is 12.6. The van der Waals surface area contributed by atoms with Crippen molar-refractivity contribution in [2.75, 3.05) is 37.4 Å². The SMILES string of the molecule is CCNc1nc(C)c([N+](=O)[O-])c(N(C)CCC(=O)NC)n1. The maximum absolute atomic E-state index is 11.3. The molecule has 0 bridgehead atoms. The lowest BCUT2D eigenvalue weighted by molar-refractivity contribution is -0.385. The Morgan fingerprint density at radius 2 is 2.10 bits per heavy atom. The Labute approximate surface area is 122 Å². The van der Waals surface area contributed by atoms with Gasteiger partial charge in [-0.25, -0.2) is 4.98 Å². The summed E-state index contributed by atoms with van der Waals surface area (Å²) < 4.78 is 0. The molecule has 0 radical (unpaired) electrons. The molecule has 0 aromatic carbocycles. The Morgan fingerprint density at radius 1 is 1.43 bits per heavy atom. The first kappa shape index (κ1) is 16.6. The maximum atomic E-state index is 11.3. The van der Waals surface area contributed by atoms with E-state index in [0.29, 0.717) is 19.0 Å². The summed E-state index contributed by atoms with van der Waals surface area (Å²) in [5.74, 6) is 0.400. The van der Waals surface area contributed by atoms with Crippen molar-refractivity contribution in [3.63, 3.8) is 0 Å². The van der Waals surface area contributed by atoms with E-state index in [2.05, 4.69) is 20.6 Å². The molecule has 1 aromatic heterocycles. The minimum absolute atomic E-state index is 0.137. The topological polar surface area (TPSA) is 113 Å². The minimum Gasteiger partial charge on any atom is -0.359 e. The third-order valence-electron chi connectivity index (χ3n) is 2.87. The number of aryl methyl sites for hydroxylation is 1. The highest BCUT2D eigenvalue weighted by molar-refractivity contribution is 5.76. The van der Waals surface area contributed by atoms with Crippen LogP contribution in [0.15, 0.2) is 0 Å². The van der Waals surface area contributed by atoms with Crippen LogP contribution in [-0.2, 0) is 4.79 Å². The quantitative estimate of drug-likeness (QED) is 0.562. The molecule has 1 heterocycles. The number of hydrogen-bond acceptors (Lipinski definition) is 7. The molecule has 0 unspecified atom stereocenters. The number of anilines is 2. The second kappa shape index (κ2) is 7.36. The molecule has 1 amide bonds. The van der Waals surface area contributed by atoms with E-state index in [4.69, 9.17) is 0 Å². The van der Waals surface area contributed by atoms with Gasteiger partial charge in [0.1, 0.15) is 5.69 Å². The van der Waals surface area contributed by atoms with Gasteiger partial charge in [-0.1, -0.05) is 0 Å². The number of nitrogens with one attached hydrogen (secondary N) is 2. The Balaban J connectivity index is 3.11. The van der Waals surface area contributed by atoms with Gasteiger partial charge in [-0.05, 0) is 13.8 Å². The first-order chi connectivity index (χ1) is 9.90. The summed E-state index contributed by atoms with van der Waals surface area (Å²) in [4.78, 5) is 31.8. The zero-order chi connectivity index (χ0) is 16.0. The summed E-state index contributed by atoms with van der Waals surface area (Å²) in [7, 11) is 3.20. The molecule has 116 valence electrons. The molecule has 0 atom stereocenters. The van der Waals surface area contributed by atoms with Crippen LogP contribution in [0.2, 0.25) is 0 Å². The van der Waals surface area contributed by atoms with Crippen molar-refractivity contribution in [1.82, 2.24) is 15.3 Å². The summed E-state index contributed by atoms with van der Waals surface area (Å²) in [5.41, 5.74) is 0.142. The lowest BCUT2D eigenvalue weighted by atomic mass is 10.3. The highest BCUT2D eigenvalue weighted by Gasteiger charge is 2.24. The summed E-state index contributed by atoms with van der Waals surface area (Å²) in [6.45, 7) is 4.38. The summed E-state index contributed by atoms with van der Waals surface area (Å²) in [6, 6.07) is 0. The number of amides is 1. The fraction of sp³-hybridized carbons (Fsp3) is 0.583. The fourth-order valence-corrected chi connectivity index (χ4v) is 1.77. The predicted molar refractivity (Wildman–Crippen MR) is 79.5 cm³/mol. The molecule has 0 saturated carbocycles. The molecule has 9 nitrogen and oxygen atoms in total. The van der Waals surface area contributed by atoms with Crippen LogP contribution in [0.5, 0.6) is 0 Å². The second-order valence-electron chi connectivity index (χ2n) is 4.44. The Bertz CT molecular complexity index is 534. The normalized spacial score (nSPS) is 10.1.